The molecule has 0 aromatic heterocycles. The number of ether oxygens (including phenoxy) is 1. The molecule has 0 spiro atoms. The summed E-state index contributed by atoms with van der Waals surface area (Å²) in [4.78, 5) is 2.27. The lowest BCUT2D eigenvalue weighted by atomic mass is 9.99. The summed E-state index contributed by atoms with van der Waals surface area (Å²) >= 11 is 0. The predicted octanol–water partition coefficient (Wildman–Crippen LogP) is 2.85. The van der Waals surface area contributed by atoms with Crippen molar-refractivity contribution in [3.63, 3.8) is 0 Å². The maximum Gasteiger partial charge on any atom is 0.0593 e. The minimum absolute atomic E-state index is 0.267. The van der Waals surface area contributed by atoms with Gasteiger partial charge < -0.3 is 10.5 Å². The Bertz CT molecular complexity index is 362. The Balaban J connectivity index is 2.64. The van der Waals surface area contributed by atoms with E-state index in [0.717, 1.165) is 26.2 Å². The molecule has 3 nitrogen and oxygen atoms in total. The Morgan fingerprint density at radius 2 is 1.85 bits per heavy atom. The first-order valence-corrected chi connectivity index (χ1v) is 7.65. The lowest BCUT2D eigenvalue weighted by molar-refractivity contribution is 0.108. The van der Waals surface area contributed by atoms with Crippen molar-refractivity contribution in [3.8, 4) is 0 Å². The normalized spacial score (nSPS) is 13.2. The second-order valence-corrected chi connectivity index (χ2v) is 5.77. The summed E-state index contributed by atoms with van der Waals surface area (Å²) in [6.45, 7) is 9.58. The van der Waals surface area contributed by atoms with Crippen molar-refractivity contribution >= 4 is 0 Å². The van der Waals surface area contributed by atoms with Gasteiger partial charge in [0.25, 0.3) is 0 Å². The van der Waals surface area contributed by atoms with Crippen LogP contribution in [0.3, 0.4) is 0 Å². The van der Waals surface area contributed by atoms with Crippen LogP contribution in [0.4, 0.5) is 0 Å². The molecule has 0 saturated carbocycles. The van der Waals surface area contributed by atoms with Crippen molar-refractivity contribution in [2.75, 3.05) is 33.4 Å². The smallest absolute Gasteiger partial charge is 0.0593 e. The average molecular weight is 278 g/mol. The standard InChI is InChI=1S/C17H30N2O/c1-5-20-11-10-19(4)17(13-18)16-8-6-15(7-9-16)12-14(2)3/h6-9,14,17H,5,10-13,18H2,1-4H3. The second kappa shape index (κ2) is 9.11. The third-order valence-corrected chi connectivity index (χ3v) is 3.56. The molecule has 0 bridgehead atoms. The molecule has 20 heavy (non-hydrogen) atoms. The van der Waals surface area contributed by atoms with E-state index in [4.69, 9.17) is 10.5 Å². The summed E-state index contributed by atoms with van der Waals surface area (Å²) < 4.78 is 5.42. The maximum absolute atomic E-state index is 5.95. The molecule has 3 heteroatoms. The van der Waals surface area contributed by atoms with E-state index in [1.807, 2.05) is 6.92 Å². The van der Waals surface area contributed by atoms with Crippen LogP contribution in [0.2, 0.25) is 0 Å². The van der Waals surface area contributed by atoms with Gasteiger partial charge in [0.05, 0.1) is 6.61 Å². The van der Waals surface area contributed by atoms with Gasteiger partial charge in [0.2, 0.25) is 0 Å². The number of hydrogen-bond donors (Lipinski definition) is 1. The summed E-state index contributed by atoms with van der Waals surface area (Å²) in [5.41, 5.74) is 8.64. The van der Waals surface area contributed by atoms with Crippen molar-refractivity contribution in [1.82, 2.24) is 4.90 Å². The molecular formula is C17H30N2O. The van der Waals surface area contributed by atoms with E-state index >= 15 is 0 Å². The van der Waals surface area contributed by atoms with E-state index in [9.17, 15) is 0 Å². The number of rotatable bonds is 9. The minimum atomic E-state index is 0.267. The van der Waals surface area contributed by atoms with Crippen LogP contribution in [0, 0.1) is 5.92 Å². The van der Waals surface area contributed by atoms with Gasteiger partial charge in [-0.3, -0.25) is 4.90 Å². The van der Waals surface area contributed by atoms with Crippen molar-refractivity contribution < 1.29 is 4.74 Å². The first-order chi connectivity index (χ1) is 9.58. The summed E-state index contributed by atoms with van der Waals surface area (Å²) in [6.07, 6.45) is 1.13. The fraction of sp³-hybridized carbons (Fsp3) is 0.647. The van der Waals surface area contributed by atoms with E-state index in [2.05, 4.69) is 50.1 Å². The highest BCUT2D eigenvalue weighted by atomic mass is 16.5. The van der Waals surface area contributed by atoms with Crippen molar-refractivity contribution in [2.24, 2.45) is 11.7 Å². The molecule has 2 N–H and O–H groups in total. The Kier molecular flexibility index (Phi) is 7.82. The highest BCUT2D eigenvalue weighted by Gasteiger charge is 2.15. The highest BCUT2D eigenvalue weighted by Crippen LogP contribution is 2.19. The quantitative estimate of drug-likeness (QED) is 0.706. The number of benzene rings is 1. The van der Waals surface area contributed by atoms with Gasteiger partial charge in [-0.2, -0.15) is 0 Å². The molecule has 0 fully saturated rings. The fourth-order valence-corrected chi connectivity index (χ4v) is 2.43. The van der Waals surface area contributed by atoms with Crippen LogP contribution in [-0.4, -0.2) is 38.3 Å². The van der Waals surface area contributed by atoms with E-state index in [0.29, 0.717) is 12.5 Å². The fourth-order valence-electron chi connectivity index (χ4n) is 2.43. The maximum atomic E-state index is 5.95. The molecule has 1 atom stereocenters. The van der Waals surface area contributed by atoms with E-state index in [-0.39, 0.29) is 6.04 Å². The summed E-state index contributed by atoms with van der Waals surface area (Å²) in [5, 5.41) is 0. The van der Waals surface area contributed by atoms with Crippen LogP contribution in [0.15, 0.2) is 24.3 Å². The number of nitrogens with zero attached hydrogens (tertiary/aromatic N) is 1. The molecule has 1 aromatic rings. The van der Waals surface area contributed by atoms with Gasteiger partial charge in [0, 0.05) is 25.7 Å². The van der Waals surface area contributed by atoms with Crippen LogP contribution in [0.5, 0.6) is 0 Å². The van der Waals surface area contributed by atoms with Crippen LogP contribution in [0.25, 0.3) is 0 Å². The van der Waals surface area contributed by atoms with Crippen molar-refractivity contribution in [1.29, 1.82) is 0 Å². The number of nitrogens with two attached hydrogens (primary N) is 1. The van der Waals surface area contributed by atoms with Crippen molar-refractivity contribution in [2.45, 2.75) is 33.2 Å². The van der Waals surface area contributed by atoms with Crippen LogP contribution in [-0.2, 0) is 11.2 Å². The Morgan fingerprint density at radius 3 is 2.35 bits per heavy atom. The molecule has 0 aliphatic rings. The third kappa shape index (κ3) is 5.61. The predicted molar refractivity (Wildman–Crippen MR) is 85.9 cm³/mol. The molecule has 0 amide bonds. The van der Waals surface area contributed by atoms with Gasteiger partial charge in [0.1, 0.15) is 0 Å². The number of likely N-dealkylation sites (N-methyl/N-ethyl adjacent to an activating group) is 1. The molecule has 0 heterocycles. The first kappa shape index (κ1) is 17.2. The lowest BCUT2D eigenvalue weighted by Crippen LogP contribution is -2.33. The first-order valence-electron chi connectivity index (χ1n) is 7.65. The number of hydrogen-bond acceptors (Lipinski definition) is 3. The third-order valence-electron chi connectivity index (χ3n) is 3.56. The van der Waals surface area contributed by atoms with Crippen LogP contribution >= 0.6 is 0 Å². The van der Waals surface area contributed by atoms with Crippen LogP contribution in [0.1, 0.15) is 37.9 Å². The lowest BCUT2D eigenvalue weighted by Gasteiger charge is -2.27. The monoisotopic (exact) mass is 278 g/mol. The van der Waals surface area contributed by atoms with E-state index in [1.54, 1.807) is 0 Å². The molecule has 114 valence electrons. The average Bonchev–Trinajstić information content (AvgIpc) is 2.41. The molecule has 0 aliphatic carbocycles. The zero-order valence-electron chi connectivity index (χ0n) is 13.4. The van der Waals surface area contributed by atoms with E-state index < -0.39 is 0 Å². The Hall–Kier alpha value is -0.900. The topological polar surface area (TPSA) is 38.5 Å². The van der Waals surface area contributed by atoms with Gasteiger partial charge >= 0.3 is 0 Å². The Labute approximate surface area is 124 Å². The zero-order valence-corrected chi connectivity index (χ0v) is 13.4. The zero-order chi connectivity index (χ0) is 15.0. The molecule has 0 saturated heterocycles. The van der Waals surface area contributed by atoms with Gasteiger partial charge in [-0.05, 0) is 37.4 Å². The summed E-state index contributed by atoms with van der Waals surface area (Å²) in [5.74, 6) is 0.694. The van der Waals surface area contributed by atoms with Crippen molar-refractivity contribution in [3.05, 3.63) is 35.4 Å². The SMILES string of the molecule is CCOCCN(C)C(CN)c1ccc(CC(C)C)cc1. The largest absolute Gasteiger partial charge is 0.380 e. The van der Waals surface area contributed by atoms with Crippen LogP contribution < -0.4 is 5.73 Å². The summed E-state index contributed by atoms with van der Waals surface area (Å²) in [6, 6.07) is 9.16. The Morgan fingerprint density at radius 1 is 1.20 bits per heavy atom. The van der Waals surface area contributed by atoms with Gasteiger partial charge in [-0.1, -0.05) is 38.1 Å². The van der Waals surface area contributed by atoms with E-state index in [1.165, 1.54) is 11.1 Å². The molecular weight excluding hydrogens is 248 g/mol. The summed E-state index contributed by atoms with van der Waals surface area (Å²) in [7, 11) is 2.11. The second-order valence-electron chi connectivity index (χ2n) is 5.77. The molecule has 0 radical (unpaired) electrons. The van der Waals surface area contributed by atoms with Gasteiger partial charge in [-0.25, -0.2) is 0 Å². The van der Waals surface area contributed by atoms with Gasteiger partial charge in [-0.15, -0.1) is 0 Å². The molecule has 1 rings (SSSR count). The molecule has 1 unspecified atom stereocenters. The molecule has 1 aromatic carbocycles. The van der Waals surface area contributed by atoms with Gasteiger partial charge in [0.15, 0.2) is 0 Å². The minimum Gasteiger partial charge on any atom is -0.380 e. The highest BCUT2D eigenvalue weighted by molar-refractivity contribution is 5.25. The molecule has 0 aliphatic heterocycles.